The van der Waals surface area contributed by atoms with Gasteiger partial charge in [-0.3, -0.25) is 0 Å². The highest BCUT2D eigenvalue weighted by molar-refractivity contribution is 6.95. The predicted octanol–water partition coefficient (Wildman–Crippen LogP) is 3.78. The Morgan fingerprint density at radius 2 is 0.929 bits per heavy atom. The highest BCUT2D eigenvalue weighted by atomic mass is 28.3. The van der Waals surface area contributed by atoms with E-state index in [1.807, 2.05) is 0 Å². The van der Waals surface area contributed by atoms with Gasteiger partial charge in [0.05, 0.1) is 9.52 Å². The summed E-state index contributed by atoms with van der Waals surface area (Å²) < 4.78 is 0.0516. The molecule has 0 aromatic heterocycles. The summed E-state index contributed by atoms with van der Waals surface area (Å²) in [5, 5.41) is 4.35. The van der Waals surface area contributed by atoms with Crippen molar-refractivity contribution in [1.29, 1.82) is 0 Å². The summed E-state index contributed by atoms with van der Waals surface area (Å²) >= 11 is 0. The van der Waals surface area contributed by atoms with Crippen LogP contribution >= 0.6 is 0 Å². The van der Waals surface area contributed by atoms with Gasteiger partial charge in [0.15, 0.2) is 0 Å². The Hall–Kier alpha value is -2.69. The SMILES string of the molecule is CC([Si]c1ccccc1)(c1ccccc1)[Si](c1ccccc1)c1ccccc1. The van der Waals surface area contributed by atoms with Crippen LogP contribution in [0.4, 0.5) is 0 Å². The summed E-state index contributed by atoms with van der Waals surface area (Å²) in [6.07, 6.45) is 0. The monoisotopic (exact) mass is 391 g/mol. The second-order valence-electron chi connectivity index (χ2n) is 7.09. The first-order valence-corrected chi connectivity index (χ1v) is 12.1. The minimum Gasteiger partial charge on any atom is -0.0636 e. The Bertz CT molecular complexity index is 946. The molecule has 0 nitrogen and oxygen atoms in total. The molecule has 1 atom stereocenters. The standard InChI is InChI=1S/C26H23Si2/c1-26(22-14-6-2-7-15-22,27-23-16-8-3-9-17-23)28(24-18-10-4-11-19-24)25-20-12-5-13-21-25/h2-21H,1H3. The van der Waals surface area contributed by atoms with Gasteiger partial charge in [-0.1, -0.05) is 144 Å². The average molecular weight is 392 g/mol. The minimum atomic E-state index is -1.07. The normalized spacial score (nSPS) is 13.2. The van der Waals surface area contributed by atoms with Gasteiger partial charge in [0.1, 0.15) is 8.80 Å². The fourth-order valence-electron chi connectivity index (χ4n) is 3.81. The Labute approximate surface area is 172 Å². The van der Waals surface area contributed by atoms with Crippen LogP contribution in [0.5, 0.6) is 0 Å². The largest absolute Gasteiger partial charge is 0.129 e. The van der Waals surface area contributed by atoms with Crippen LogP contribution in [-0.4, -0.2) is 18.3 Å². The quantitative estimate of drug-likeness (QED) is 0.439. The van der Waals surface area contributed by atoms with Gasteiger partial charge in [-0.05, 0) is 10.2 Å². The van der Waals surface area contributed by atoms with Crippen molar-refractivity contribution in [2.75, 3.05) is 0 Å². The molecule has 0 saturated heterocycles. The van der Waals surface area contributed by atoms with Crippen LogP contribution < -0.4 is 15.6 Å². The van der Waals surface area contributed by atoms with Gasteiger partial charge in [0.25, 0.3) is 0 Å². The smallest absolute Gasteiger partial charge is 0.0636 e. The molecule has 0 N–H and O–H groups in total. The third-order valence-electron chi connectivity index (χ3n) is 5.14. The highest BCUT2D eigenvalue weighted by Gasteiger charge is 2.40. The molecule has 0 spiro atoms. The van der Waals surface area contributed by atoms with Crippen molar-refractivity contribution >= 4 is 33.9 Å². The fraction of sp³-hybridized carbons (Fsp3) is 0.0769. The summed E-state index contributed by atoms with van der Waals surface area (Å²) in [5.74, 6) is 0. The van der Waals surface area contributed by atoms with Gasteiger partial charge >= 0.3 is 0 Å². The van der Waals surface area contributed by atoms with Gasteiger partial charge in [-0.25, -0.2) is 0 Å². The molecule has 4 aromatic carbocycles. The van der Waals surface area contributed by atoms with Crippen molar-refractivity contribution < 1.29 is 0 Å². The Morgan fingerprint density at radius 3 is 1.39 bits per heavy atom. The van der Waals surface area contributed by atoms with E-state index >= 15 is 0 Å². The van der Waals surface area contributed by atoms with Crippen LogP contribution in [0, 0.1) is 0 Å². The molecule has 2 heteroatoms. The maximum absolute atomic E-state index is 2.47. The van der Waals surface area contributed by atoms with E-state index in [9.17, 15) is 0 Å². The Morgan fingerprint density at radius 1 is 0.536 bits per heavy atom. The lowest BCUT2D eigenvalue weighted by molar-refractivity contribution is 0.940. The van der Waals surface area contributed by atoms with Crippen LogP contribution in [0.25, 0.3) is 0 Å². The molecule has 135 valence electrons. The summed E-state index contributed by atoms with van der Waals surface area (Å²) in [7, 11) is -0.372. The molecular weight excluding hydrogens is 368 g/mol. The zero-order valence-electron chi connectivity index (χ0n) is 16.0. The van der Waals surface area contributed by atoms with Gasteiger partial charge < -0.3 is 0 Å². The van der Waals surface area contributed by atoms with Crippen LogP contribution in [-0.2, 0) is 4.66 Å². The summed E-state index contributed by atoms with van der Waals surface area (Å²) in [4.78, 5) is 0. The zero-order chi connectivity index (χ0) is 19.2. The number of benzene rings is 4. The van der Waals surface area contributed by atoms with Gasteiger partial charge in [-0.15, -0.1) is 0 Å². The highest BCUT2D eigenvalue weighted by Crippen LogP contribution is 2.26. The van der Waals surface area contributed by atoms with E-state index in [4.69, 9.17) is 0 Å². The zero-order valence-corrected chi connectivity index (χ0v) is 18.0. The number of hydrogen-bond donors (Lipinski definition) is 0. The molecule has 0 heterocycles. The first-order chi connectivity index (χ1) is 13.8. The summed E-state index contributed by atoms with van der Waals surface area (Å²) in [6, 6.07) is 44.3. The third kappa shape index (κ3) is 3.93. The van der Waals surface area contributed by atoms with E-state index < -0.39 is 8.80 Å². The topological polar surface area (TPSA) is 0 Å². The lowest BCUT2D eigenvalue weighted by Gasteiger charge is -2.37. The van der Waals surface area contributed by atoms with Crippen molar-refractivity contribution in [2.45, 2.75) is 11.6 Å². The van der Waals surface area contributed by atoms with Gasteiger partial charge in [0, 0.05) is 0 Å². The lowest BCUT2D eigenvalue weighted by Crippen LogP contribution is -2.61. The molecule has 0 aliphatic carbocycles. The molecular formula is C26H23Si2. The Kier molecular flexibility index (Phi) is 5.70. The molecule has 1 unspecified atom stereocenters. The summed E-state index contributed by atoms with van der Waals surface area (Å²) in [5.41, 5.74) is 1.43. The molecule has 4 aromatic rings. The molecule has 28 heavy (non-hydrogen) atoms. The van der Waals surface area contributed by atoms with Gasteiger partial charge in [0.2, 0.25) is 0 Å². The first kappa shape index (κ1) is 18.7. The number of rotatable bonds is 6. The Balaban J connectivity index is 1.91. The van der Waals surface area contributed by atoms with Crippen LogP contribution in [0.15, 0.2) is 121 Å². The minimum absolute atomic E-state index is 0.0516. The molecule has 0 bridgehead atoms. The first-order valence-electron chi connectivity index (χ1n) is 9.64. The van der Waals surface area contributed by atoms with E-state index in [1.54, 1.807) is 0 Å². The van der Waals surface area contributed by atoms with E-state index in [0.717, 1.165) is 0 Å². The number of hydrogen-bond acceptors (Lipinski definition) is 0. The van der Waals surface area contributed by atoms with Crippen molar-refractivity contribution in [3.05, 3.63) is 127 Å². The lowest BCUT2D eigenvalue weighted by atomic mass is 10.1. The third-order valence-corrected chi connectivity index (χ3v) is 10.8. The molecule has 0 aliphatic heterocycles. The molecule has 0 fully saturated rings. The van der Waals surface area contributed by atoms with Crippen LogP contribution in [0.3, 0.4) is 0 Å². The molecule has 0 amide bonds. The average Bonchev–Trinajstić information content (AvgIpc) is 2.77. The van der Waals surface area contributed by atoms with Crippen molar-refractivity contribution in [3.8, 4) is 0 Å². The van der Waals surface area contributed by atoms with Crippen LogP contribution in [0.2, 0.25) is 0 Å². The van der Waals surface area contributed by atoms with Gasteiger partial charge in [-0.2, -0.15) is 0 Å². The van der Waals surface area contributed by atoms with E-state index in [-0.39, 0.29) is 4.66 Å². The predicted molar refractivity (Wildman–Crippen MR) is 124 cm³/mol. The van der Waals surface area contributed by atoms with Crippen molar-refractivity contribution in [1.82, 2.24) is 0 Å². The maximum Gasteiger partial charge on any atom is 0.129 e. The summed E-state index contributed by atoms with van der Waals surface area (Å²) in [6.45, 7) is 2.47. The molecule has 4 rings (SSSR count). The van der Waals surface area contributed by atoms with E-state index in [0.29, 0.717) is 9.52 Å². The maximum atomic E-state index is 2.47. The van der Waals surface area contributed by atoms with E-state index in [1.165, 1.54) is 21.1 Å². The van der Waals surface area contributed by atoms with Crippen molar-refractivity contribution in [2.24, 2.45) is 0 Å². The van der Waals surface area contributed by atoms with Crippen LogP contribution in [0.1, 0.15) is 12.5 Å². The molecule has 3 radical (unpaired) electrons. The fourth-order valence-corrected chi connectivity index (χ4v) is 9.86. The molecule has 0 saturated carbocycles. The van der Waals surface area contributed by atoms with E-state index in [2.05, 4.69) is 128 Å². The van der Waals surface area contributed by atoms with Crippen molar-refractivity contribution in [3.63, 3.8) is 0 Å². The molecule has 0 aliphatic rings. The second kappa shape index (κ2) is 8.55. The second-order valence-corrected chi connectivity index (χ2v) is 12.3.